The van der Waals surface area contributed by atoms with Gasteiger partial charge in [0, 0.05) is 15.7 Å². The summed E-state index contributed by atoms with van der Waals surface area (Å²) in [6.07, 6.45) is 3.36. The van der Waals surface area contributed by atoms with Crippen molar-refractivity contribution in [2.75, 3.05) is 0 Å². The molecule has 172 valence electrons. The van der Waals surface area contributed by atoms with Crippen LogP contribution in [0.5, 0.6) is 11.6 Å². The summed E-state index contributed by atoms with van der Waals surface area (Å²) in [6, 6.07) is 8.31. The van der Waals surface area contributed by atoms with Crippen LogP contribution in [0.2, 0.25) is 0 Å². The van der Waals surface area contributed by atoms with Crippen molar-refractivity contribution in [2.24, 2.45) is 0 Å². The highest BCUT2D eigenvalue weighted by Gasteiger charge is 2.27. The summed E-state index contributed by atoms with van der Waals surface area (Å²) < 4.78 is 25.8. The van der Waals surface area contributed by atoms with Crippen molar-refractivity contribution in [2.45, 2.75) is 64.1 Å². The molecule has 1 aliphatic carbocycles. The average molecular weight is 555 g/mol. The molecule has 0 bridgehead atoms. The average Bonchev–Trinajstić information content (AvgIpc) is 2.69. The molecule has 7 nitrogen and oxygen atoms in total. The molecule has 0 radical (unpaired) electrons. The maximum atomic E-state index is 13.8. The Bertz CT molecular complexity index is 972. The van der Waals surface area contributed by atoms with Crippen molar-refractivity contribution in [3.8, 4) is 11.6 Å². The molecular formula is C23H27FIN3O4. The predicted octanol–water partition coefficient (Wildman–Crippen LogP) is 5.18. The van der Waals surface area contributed by atoms with Crippen LogP contribution in [0.3, 0.4) is 0 Å². The first-order valence-electron chi connectivity index (χ1n) is 10.5. The van der Waals surface area contributed by atoms with Crippen LogP contribution in [-0.4, -0.2) is 34.7 Å². The van der Waals surface area contributed by atoms with E-state index in [1.54, 1.807) is 12.1 Å². The molecule has 2 amide bonds. The zero-order valence-electron chi connectivity index (χ0n) is 18.3. The molecule has 1 heterocycles. The summed E-state index contributed by atoms with van der Waals surface area (Å²) in [5, 5.41) is 5.82. The highest BCUT2D eigenvalue weighted by molar-refractivity contribution is 14.1. The minimum atomic E-state index is -0.615. The number of aromatic nitrogens is 1. The Morgan fingerprint density at radius 2 is 1.75 bits per heavy atom. The highest BCUT2D eigenvalue weighted by Crippen LogP contribution is 2.26. The van der Waals surface area contributed by atoms with Gasteiger partial charge in [0.2, 0.25) is 5.88 Å². The first-order valence-corrected chi connectivity index (χ1v) is 11.6. The second-order valence-electron chi connectivity index (χ2n) is 8.73. The molecule has 32 heavy (non-hydrogen) atoms. The Morgan fingerprint density at radius 1 is 1.09 bits per heavy atom. The van der Waals surface area contributed by atoms with Gasteiger partial charge in [-0.3, -0.25) is 4.79 Å². The molecule has 3 rings (SSSR count). The van der Waals surface area contributed by atoms with Crippen molar-refractivity contribution in [1.82, 2.24) is 15.6 Å². The number of carbonyl (C=O) groups excluding carboxylic acids is 2. The number of hydrogen-bond acceptors (Lipinski definition) is 5. The second-order valence-corrected chi connectivity index (χ2v) is 9.98. The molecule has 9 heteroatoms. The number of halogens is 2. The van der Waals surface area contributed by atoms with E-state index in [0.29, 0.717) is 31.4 Å². The fraction of sp³-hybridized carbons (Fsp3) is 0.435. The summed E-state index contributed by atoms with van der Waals surface area (Å²) >= 11 is 2.15. The Kier molecular flexibility index (Phi) is 7.91. The highest BCUT2D eigenvalue weighted by atomic mass is 127. The van der Waals surface area contributed by atoms with Crippen LogP contribution in [0.1, 0.15) is 56.8 Å². The third kappa shape index (κ3) is 7.32. The molecule has 1 aliphatic rings. The SMILES string of the molecule is CC(C)(C)OC(=O)NC1CCC(NC(=O)c2cc(F)cnc2Oc2cccc(I)c2)CC1. The standard InChI is InChI=1S/C23H27FIN3O4/c1-23(2,3)32-22(30)28-17-9-7-16(8-10-17)27-20(29)19-11-14(24)13-26-21(19)31-18-6-4-5-15(25)12-18/h4-6,11-13,16-17H,7-10H2,1-3H3,(H,27,29)(H,28,30). The van der Waals surface area contributed by atoms with Crippen LogP contribution in [-0.2, 0) is 4.74 Å². The maximum absolute atomic E-state index is 13.8. The lowest BCUT2D eigenvalue weighted by molar-refractivity contribution is 0.0488. The van der Waals surface area contributed by atoms with Crippen molar-refractivity contribution < 1.29 is 23.5 Å². The first kappa shape index (κ1) is 24.2. The lowest BCUT2D eigenvalue weighted by Crippen LogP contribution is -2.45. The van der Waals surface area contributed by atoms with Crippen LogP contribution >= 0.6 is 22.6 Å². The van der Waals surface area contributed by atoms with Gasteiger partial charge in [-0.05, 0) is 93.3 Å². The van der Waals surface area contributed by atoms with Gasteiger partial charge in [-0.1, -0.05) is 6.07 Å². The largest absolute Gasteiger partial charge is 0.444 e. The van der Waals surface area contributed by atoms with Gasteiger partial charge in [0.15, 0.2) is 0 Å². The van der Waals surface area contributed by atoms with E-state index in [9.17, 15) is 14.0 Å². The summed E-state index contributed by atoms with van der Waals surface area (Å²) in [7, 11) is 0. The number of nitrogens with one attached hydrogen (secondary N) is 2. The number of alkyl carbamates (subject to hydrolysis) is 1. The number of nitrogens with zero attached hydrogens (tertiary/aromatic N) is 1. The van der Waals surface area contributed by atoms with Gasteiger partial charge in [-0.2, -0.15) is 0 Å². The lowest BCUT2D eigenvalue weighted by atomic mass is 9.91. The van der Waals surface area contributed by atoms with E-state index in [0.717, 1.165) is 15.8 Å². The summed E-state index contributed by atoms with van der Waals surface area (Å²) in [6.45, 7) is 5.45. The van der Waals surface area contributed by atoms with Gasteiger partial charge in [0.1, 0.15) is 22.7 Å². The fourth-order valence-electron chi connectivity index (χ4n) is 3.43. The van der Waals surface area contributed by atoms with E-state index in [4.69, 9.17) is 9.47 Å². The number of rotatable bonds is 5. The van der Waals surface area contributed by atoms with E-state index in [1.807, 2.05) is 32.9 Å². The van der Waals surface area contributed by atoms with Crippen LogP contribution in [0.4, 0.5) is 9.18 Å². The lowest BCUT2D eigenvalue weighted by Gasteiger charge is -2.30. The minimum Gasteiger partial charge on any atom is -0.444 e. The normalized spacial score (nSPS) is 18.5. The van der Waals surface area contributed by atoms with Crippen molar-refractivity contribution in [3.05, 3.63) is 51.5 Å². The number of pyridine rings is 1. The quantitative estimate of drug-likeness (QED) is 0.497. The zero-order valence-corrected chi connectivity index (χ0v) is 20.4. The molecule has 0 spiro atoms. The van der Waals surface area contributed by atoms with E-state index in [-0.39, 0.29) is 23.5 Å². The third-order valence-corrected chi connectivity index (χ3v) is 5.53. The number of benzene rings is 1. The molecule has 0 atom stereocenters. The van der Waals surface area contributed by atoms with Crippen LogP contribution < -0.4 is 15.4 Å². The van der Waals surface area contributed by atoms with Crippen molar-refractivity contribution in [1.29, 1.82) is 0 Å². The van der Waals surface area contributed by atoms with E-state index in [1.165, 1.54) is 0 Å². The Hall–Kier alpha value is -2.43. The summed E-state index contributed by atoms with van der Waals surface area (Å²) in [4.78, 5) is 28.8. The summed E-state index contributed by atoms with van der Waals surface area (Å²) in [5.41, 5.74) is -0.510. The van der Waals surface area contributed by atoms with E-state index < -0.39 is 23.4 Å². The summed E-state index contributed by atoms with van der Waals surface area (Å²) in [5.74, 6) is -0.499. The van der Waals surface area contributed by atoms with Gasteiger partial charge in [0.05, 0.1) is 6.20 Å². The molecule has 1 fully saturated rings. The number of ether oxygens (including phenoxy) is 2. The molecule has 2 aromatic rings. The Balaban J connectivity index is 1.58. The van der Waals surface area contributed by atoms with Crippen LogP contribution in [0, 0.1) is 9.39 Å². The van der Waals surface area contributed by atoms with Crippen LogP contribution in [0.15, 0.2) is 36.5 Å². The maximum Gasteiger partial charge on any atom is 0.407 e. The van der Waals surface area contributed by atoms with Gasteiger partial charge in [0.25, 0.3) is 5.91 Å². The second kappa shape index (κ2) is 10.5. The molecule has 0 aliphatic heterocycles. The molecule has 0 saturated heterocycles. The molecule has 1 aromatic heterocycles. The van der Waals surface area contributed by atoms with Crippen molar-refractivity contribution in [3.63, 3.8) is 0 Å². The van der Waals surface area contributed by atoms with Gasteiger partial charge in [-0.15, -0.1) is 0 Å². The first-order chi connectivity index (χ1) is 15.1. The smallest absolute Gasteiger partial charge is 0.407 e. The molecule has 0 unspecified atom stereocenters. The van der Waals surface area contributed by atoms with E-state index >= 15 is 0 Å². The van der Waals surface area contributed by atoms with Crippen LogP contribution in [0.25, 0.3) is 0 Å². The molecular weight excluding hydrogens is 528 g/mol. The predicted molar refractivity (Wildman–Crippen MR) is 126 cm³/mol. The van der Waals surface area contributed by atoms with Gasteiger partial charge < -0.3 is 20.1 Å². The number of carbonyl (C=O) groups is 2. The molecule has 1 saturated carbocycles. The van der Waals surface area contributed by atoms with Crippen molar-refractivity contribution >= 4 is 34.6 Å². The number of hydrogen-bond donors (Lipinski definition) is 2. The third-order valence-electron chi connectivity index (χ3n) is 4.86. The fourth-order valence-corrected chi connectivity index (χ4v) is 3.95. The topological polar surface area (TPSA) is 89.6 Å². The number of amides is 2. The van der Waals surface area contributed by atoms with E-state index in [2.05, 4.69) is 38.2 Å². The van der Waals surface area contributed by atoms with Gasteiger partial charge >= 0.3 is 6.09 Å². The Morgan fingerprint density at radius 3 is 2.38 bits per heavy atom. The molecule has 1 aromatic carbocycles. The molecule has 2 N–H and O–H groups in total. The zero-order chi connectivity index (χ0) is 23.3. The Labute approximate surface area is 200 Å². The monoisotopic (exact) mass is 555 g/mol. The minimum absolute atomic E-state index is 0.00622. The van der Waals surface area contributed by atoms with Gasteiger partial charge in [-0.25, -0.2) is 14.2 Å².